The van der Waals surface area contributed by atoms with Gasteiger partial charge in [0.1, 0.15) is 5.82 Å². The van der Waals surface area contributed by atoms with Crippen molar-refractivity contribution in [2.45, 2.75) is 13.1 Å². The first-order valence-electron chi connectivity index (χ1n) is 10.5. The number of aromatic nitrogens is 1. The monoisotopic (exact) mass is 544 g/mol. The molecule has 1 aromatic heterocycles. The van der Waals surface area contributed by atoms with E-state index in [-0.39, 0.29) is 11.6 Å². The number of hydrogen-bond donors (Lipinski definition) is 0. The number of nitrogens with zero attached hydrogens (tertiary/aromatic N) is 2. The van der Waals surface area contributed by atoms with Gasteiger partial charge in [0.2, 0.25) is 0 Å². The SMILES string of the molecule is O=C1S/C(=C/c2cn(Cc3ccc(Cl)cc3Cl)c3ccccc23)C(=O)N1Cc1ccc(F)cc1Cl. The smallest absolute Gasteiger partial charge is 0.293 e. The zero-order valence-corrected chi connectivity index (χ0v) is 21.1. The van der Waals surface area contributed by atoms with E-state index >= 15 is 0 Å². The van der Waals surface area contributed by atoms with Crippen molar-refractivity contribution >= 4 is 74.7 Å². The number of fused-ring (bicyclic) bond motifs is 1. The molecule has 1 saturated heterocycles. The van der Waals surface area contributed by atoms with Crippen LogP contribution in [0, 0.1) is 5.82 Å². The maximum atomic E-state index is 13.4. The third kappa shape index (κ3) is 4.84. The van der Waals surface area contributed by atoms with Crippen molar-refractivity contribution in [2.24, 2.45) is 0 Å². The van der Waals surface area contributed by atoms with E-state index in [0.29, 0.717) is 27.1 Å². The van der Waals surface area contributed by atoms with Crippen molar-refractivity contribution in [2.75, 3.05) is 0 Å². The Morgan fingerprint density at radius 2 is 1.60 bits per heavy atom. The van der Waals surface area contributed by atoms with Crippen LogP contribution in [0.15, 0.2) is 71.8 Å². The molecule has 0 unspecified atom stereocenters. The van der Waals surface area contributed by atoms with Gasteiger partial charge in [0.15, 0.2) is 0 Å². The van der Waals surface area contributed by atoms with Gasteiger partial charge in [-0.15, -0.1) is 0 Å². The molecule has 0 bridgehead atoms. The first-order valence-corrected chi connectivity index (χ1v) is 12.5. The zero-order valence-electron chi connectivity index (χ0n) is 18.0. The summed E-state index contributed by atoms with van der Waals surface area (Å²) < 4.78 is 15.4. The zero-order chi connectivity index (χ0) is 24.7. The molecular weight excluding hydrogens is 530 g/mol. The number of halogens is 4. The Kier molecular flexibility index (Phi) is 6.64. The second kappa shape index (κ2) is 9.70. The molecule has 0 atom stereocenters. The quantitative estimate of drug-likeness (QED) is 0.238. The number of carbonyl (C=O) groups is 2. The lowest BCUT2D eigenvalue weighted by Gasteiger charge is -2.13. The minimum absolute atomic E-state index is 0.0298. The maximum absolute atomic E-state index is 13.4. The van der Waals surface area contributed by atoms with Crippen molar-refractivity contribution in [1.82, 2.24) is 9.47 Å². The molecule has 5 rings (SSSR count). The fraction of sp³-hybridized carbons (Fsp3) is 0.0769. The summed E-state index contributed by atoms with van der Waals surface area (Å²) in [5.74, 6) is -0.901. The Morgan fingerprint density at radius 3 is 2.37 bits per heavy atom. The Labute approximate surface area is 219 Å². The first-order chi connectivity index (χ1) is 16.8. The van der Waals surface area contributed by atoms with Gasteiger partial charge in [-0.25, -0.2) is 4.39 Å². The highest BCUT2D eigenvalue weighted by atomic mass is 35.5. The average molecular weight is 546 g/mol. The molecule has 0 spiro atoms. The van der Waals surface area contributed by atoms with Crippen LogP contribution in [0.5, 0.6) is 0 Å². The van der Waals surface area contributed by atoms with Crippen molar-refractivity contribution in [1.29, 1.82) is 0 Å². The Balaban J connectivity index is 1.47. The van der Waals surface area contributed by atoms with Crippen LogP contribution in [0.1, 0.15) is 16.7 Å². The molecule has 0 saturated carbocycles. The van der Waals surface area contributed by atoms with Gasteiger partial charge in [0, 0.05) is 44.3 Å². The molecule has 2 heterocycles. The number of imide groups is 1. The fourth-order valence-corrected chi connectivity index (χ4v) is 5.48. The number of thioether (sulfide) groups is 1. The minimum atomic E-state index is -0.482. The Hall–Kier alpha value is -2.77. The molecule has 176 valence electrons. The van der Waals surface area contributed by atoms with E-state index in [1.165, 1.54) is 12.1 Å². The van der Waals surface area contributed by atoms with Crippen LogP contribution in [-0.4, -0.2) is 20.6 Å². The molecule has 0 N–H and O–H groups in total. The third-order valence-corrected chi connectivity index (χ3v) is 7.53. The average Bonchev–Trinajstić information content (AvgIpc) is 3.29. The molecule has 3 aromatic carbocycles. The van der Waals surface area contributed by atoms with Crippen LogP contribution < -0.4 is 0 Å². The van der Waals surface area contributed by atoms with Gasteiger partial charge in [0.05, 0.1) is 11.4 Å². The summed E-state index contributed by atoms with van der Waals surface area (Å²) >= 11 is 19.4. The summed E-state index contributed by atoms with van der Waals surface area (Å²) in [5.41, 5.74) is 3.16. The van der Waals surface area contributed by atoms with E-state index in [1.807, 2.05) is 41.1 Å². The lowest BCUT2D eigenvalue weighted by Crippen LogP contribution is -2.27. The summed E-state index contributed by atoms with van der Waals surface area (Å²) in [4.78, 5) is 27.1. The number of hydrogen-bond acceptors (Lipinski definition) is 3. The maximum Gasteiger partial charge on any atom is 0.293 e. The van der Waals surface area contributed by atoms with Crippen LogP contribution in [0.25, 0.3) is 17.0 Å². The molecule has 1 aliphatic rings. The summed E-state index contributed by atoms with van der Waals surface area (Å²) in [7, 11) is 0. The lowest BCUT2D eigenvalue weighted by molar-refractivity contribution is -0.123. The summed E-state index contributed by atoms with van der Waals surface area (Å²) in [5, 5.41) is 1.83. The summed E-state index contributed by atoms with van der Waals surface area (Å²) in [6.45, 7) is 0.479. The van der Waals surface area contributed by atoms with E-state index in [9.17, 15) is 14.0 Å². The van der Waals surface area contributed by atoms with Crippen LogP contribution in [-0.2, 0) is 17.9 Å². The predicted octanol–water partition coefficient (Wildman–Crippen LogP) is 8.03. The van der Waals surface area contributed by atoms with Gasteiger partial charge in [-0.05, 0) is 59.3 Å². The lowest BCUT2D eigenvalue weighted by atomic mass is 10.1. The van der Waals surface area contributed by atoms with E-state index < -0.39 is 17.0 Å². The van der Waals surface area contributed by atoms with Crippen molar-refractivity contribution in [3.05, 3.63) is 109 Å². The molecule has 0 aliphatic carbocycles. The van der Waals surface area contributed by atoms with Gasteiger partial charge in [0.25, 0.3) is 11.1 Å². The number of carbonyl (C=O) groups excluding carboxylic acids is 2. The van der Waals surface area contributed by atoms with Crippen molar-refractivity contribution < 1.29 is 14.0 Å². The number of benzene rings is 3. The van der Waals surface area contributed by atoms with Gasteiger partial charge in [-0.3, -0.25) is 14.5 Å². The van der Waals surface area contributed by atoms with Crippen LogP contribution in [0.3, 0.4) is 0 Å². The summed E-state index contributed by atoms with van der Waals surface area (Å²) in [6, 6.07) is 17.1. The predicted molar refractivity (Wildman–Crippen MR) is 140 cm³/mol. The number of para-hydroxylation sites is 1. The fourth-order valence-electron chi connectivity index (χ4n) is 3.95. The van der Waals surface area contributed by atoms with E-state index in [4.69, 9.17) is 34.8 Å². The van der Waals surface area contributed by atoms with E-state index in [2.05, 4.69) is 0 Å². The highest BCUT2D eigenvalue weighted by molar-refractivity contribution is 8.18. The molecule has 4 aromatic rings. The second-order valence-electron chi connectivity index (χ2n) is 7.97. The van der Waals surface area contributed by atoms with Gasteiger partial charge >= 0.3 is 0 Å². The normalized spacial score (nSPS) is 15.1. The minimum Gasteiger partial charge on any atom is -0.342 e. The largest absolute Gasteiger partial charge is 0.342 e. The summed E-state index contributed by atoms with van der Waals surface area (Å²) in [6.07, 6.45) is 3.65. The molecule has 35 heavy (non-hydrogen) atoms. The van der Waals surface area contributed by atoms with Gasteiger partial charge in [-0.2, -0.15) is 0 Å². The molecule has 1 fully saturated rings. The van der Waals surface area contributed by atoms with Gasteiger partial charge < -0.3 is 4.57 Å². The Bertz CT molecular complexity index is 1530. The first kappa shape index (κ1) is 23.9. The molecule has 9 heteroatoms. The highest BCUT2D eigenvalue weighted by Gasteiger charge is 2.35. The molecule has 0 radical (unpaired) electrons. The molecule has 4 nitrogen and oxygen atoms in total. The molecule has 2 amide bonds. The third-order valence-electron chi connectivity index (χ3n) is 5.68. The van der Waals surface area contributed by atoms with Crippen LogP contribution in [0.2, 0.25) is 15.1 Å². The van der Waals surface area contributed by atoms with Crippen LogP contribution >= 0.6 is 46.6 Å². The van der Waals surface area contributed by atoms with E-state index in [0.717, 1.165) is 44.8 Å². The van der Waals surface area contributed by atoms with Crippen molar-refractivity contribution in [3.63, 3.8) is 0 Å². The van der Waals surface area contributed by atoms with Gasteiger partial charge in [-0.1, -0.05) is 65.1 Å². The van der Waals surface area contributed by atoms with Crippen LogP contribution in [0.4, 0.5) is 9.18 Å². The molecule has 1 aliphatic heterocycles. The van der Waals surface area contributed by atoms with E-state index in [1.54, 1.807) is 18.2 Å². The standard InChI is InChI=1S/C26H16Cl3FN2O2S/c27-18-7-5-15(21(28)10-18)12-31-13-17(20-3-1-2-4-23(20)31)9-24-25(33)32(26(34)35-24)14-16-6-8-19(30)11-22(16)29/h1-11,13H,12,14H2/b24-9+. The molecular formula is C26H16Cl3FN2O2S. The number of amides is 2. The van der Waals surface area contributed by atoms with Crippen molar-refractivity contribution in [3.8, 4) is 0 Å². The second-order valence-corrected chi connectivity index (χ2v) is 10.2. The highest BCUT2D eigenvalue weighted by Crippen LogP contribution is 2.36. The Morgan fingerprint density at radius 1 is 0.886 bits per heavy atom. The number of rotatable bonds is 5. The topological polar surface area (TPSA) is 42.3 Å².